The van der Waals surface area contributed by atoms with Crippen LogP contribution in [0.1, 0.15) is 61.4 Å². The van der Waals surface area contributed by atoms with Crippen LogP contribution in [-0.4, -0.2) is 27.6 Å². The summed E-state index contributed by atoms with van der Waals surface area (Å²) in [6.45, 7) is 4.10. The van der Waals surface area contributed by atoms with Crippen LogP contribution in [0.5, 0.6) is 0 Å². The number of nitrogens with one attached hydrogen (secondary N) is 3. The minimum atomic E-state index is -0.586. The third kappa shape index (κ3) is 3.77. The van der Waals surface area contributed by atoms with E-state index in [1.807, 2.05) is 19.9 Å². The van der Waals surface area contributed by atoms with E-state index in [2.05, 4.69) is 21.0 Å². The van der Waals surface area contributed by atoms with Crippen molar-refractivity contribution in [2.45, 2.75) is 51.4 Å². The molecule has 2 unspecified atom stereocenters. The molecule has 2 fully saturated rings. The van der Waals surface area contributed by atoms with Crippen molar-refractivity contribution in [1.29, 1.82) is 0 Å². The molecule has 2 amide bonds. The van der Waals surface area contributed by atoms with E-state index in [1.54, 1.807) is 10.7 Å². The maximum Gasteiger partial charge on any atom is 0.259 e. The summed E-state index contributed by atoms with van der Waals surface area (Å²) in [6, 6.07) is 7.64. The number of hydrogen-bond acceptors (Lipinski definition) is 4. The summed E-state index contributed by atoms with van der Waals surface area (Å²) in [5.41, 5.74) is 0.829. The van der Waals surface area contributed by atoms with Gasteiger partial charge in [0.25, 0.3) is 5.91 Å². The number of amides is 2. The zero-order valence-electron chi connectivity index (χ0n) is 15.9. The lowest BCUT2D eigenvalue weighted by atomic mass is 9.99. The number of benzene rings is 1. The Morgan fingerprint density at radius 1 is 1.32 bits per heavy atom. The molecule has 0 spiro atoms. The minimum absolute atomic E-state index is 0.00226. The Morgan fingerprint density at radius 3 is 2.75 bits per heavy atom. The Labute approximate surface area is 162 Å². The second-order valence-electron chi connectivity index (χ2n) is 7.80. The quantitative estimate of drug-likeness (QED) is 0.739. The summed E-state index contributed by atoms with van der Waals surface area (Å²) in [5, 5.41) is 13.6. The van der Waals surface area contributed by atoms with Gasteiger partial charge in [-0.05, 0) is 30.9 Å². The van der Waals surface area contributed by atoms with Gasteiger partial charge in [0, 0.05) is 24.4 Å². The highest BCUT2D eigenvalue weighted by Gasteiger charge is 2.33. The monoisotopic (exact) mass is 385 g/mol. The maximum atomic E-state index is 14.0. The molecule has 1 aliphatic heterocycles. The standard InChI is InChI=1S/C20H24FN5O2/c1-11(2)15-10-18(27)24-20(22-15)26-17(9-16(25-26)12-7-8-12)23-19(28)13-5-3-4-6-14(13)21/h3-6,9,11-12,15,20,22H,7-8,10H2,1-2H3,(H,23,28)(H,24,27). The SMILES string of the molecule is CC(C)C1CC(=O)NC(n2nc(C3CC3)cc2NC(=O)c2ccccc2F)N1. The molecule has 2 heterocycles. The predicted molar refractivity (Wildman–Crippen MR) is 102 cm³/mol. The van der Waals surface area contributed by atoms with Crippen LogP contribution in [0, 0.1) is 11.7 Å². The molecule has 2 aromatic rings. The second-order valence-corrected chi connectivity index (χ2v) is 7.80. The van der Waals surface area contributed by atoms with Crippen molar-refractivity contribution < 1.29 is 14.0 Å². The molecule has 0 radical (unpaired) electrons. The fraction of sp³-hybridized carbons (Fsp3) is 0.450. The van der Waals surface area contributed by atoms with E-state index in [1.165, 1.54) is 18.2 Å². The van der Waals surface area contributed by atoms with Crippen molar-refractivity contribution in [3.05, 3.63) is 47.4 Å². The van der Waals surface area contributed by atoms with Gasteiger partial charge in [-0.1, -0.05) is 26.0 Å². The lowest BCUT2D eigenvalue weighted by Crippen LogP contribution is -2.55. The summed E-state index contributed by atoms with van der Waals surface area (Å²) in [5.74, 6) is -0.148. The van der Waals surface area contributed by atoms with E-state index in [4.69, 9.17) is 0 Å². The Kier molecular flexibility index (Phi) is 4.89. The molecule has 1 aliphatic carbocycles. The number of rotatable bonds is 5. The van der Waals surface area contributed by atoms with Gasteiger partial charge in [-0.2, -0.15) is 5.10 Å². The second kappa shape index (κ2) is 7.35. The van der Waals surface area contributed by atoms with Gasteiger partial charge in [-0.3, -0.25) is 14.9 Å². The number of hydrogen-bond donors (Lipinski definition) is 3. The number of aromatic nitrogens is 2. The molecule has 1 saturated carbocycles. The lowest BCUT2D eigenvalue weighted by molar-refractivity contribution is -0.126. The molecule has 1 saturated heterocycles. The summed E-state index contributed by atoms with van der Waals surface area (Å²) >= 11 is 0. The average Bonchev–Trinajstić information content (AvgIpc) is 3.42. The summed E-state index contributed by atoms with van der Waals surface area (Å²) < 4.78 is 15.6. The fourth-order valence-electron chi connectivity index (χ4n) is 3.39. The lowest BCUT2D eigenvalue weighted by Gasteiger charge is -2.34. The molecule has 8 heteroatoms. The largest absolute Gasteiger partial charge is 0.322 e. The van der Waals surface area contributed by atoms with E-state index in [9.17, 15) is 14.0 Å². The highest BCUT2D eigenvalue weighted by atomic mass is 19.1. The molecule has 148 valence electrons. The van der Waals surface area contributed by atoms with Crippen molar-refractivity contribution in [3.63, 3.8) is 0 Å². The van der Waals surface area contributed by atoms with Crippen LogP contribution in [0.25, 0.3) is 0 Å². The van der Waals surface area contributed by atoms with E-state index in [0.29, 0.717) is 18.2 Å². The van der Waals surface area contributed by atoms with Crippen LogP contribution in [-0.2, 0) is 4.79 Å². The van der Waals surface area contributed by atoms with Crippen molar-refractivity contribution in [2.75, 3.05) is 5.32 Å². The first-order chi connectivity index (χ1) is 13.4. The summed E-state index contributed by atoms with van der Waals surface area (Å²) in [4.78, 5) is 24.8. The van der Waals surface area contributed by atoms with E-state index < -0.39 is 18.0 Å². The zero-order chi connectivity index (χ0) is 19.8. The van der Waals surface area contributed by atoms with Gasteiger partial charge in [-0.25, -0.2) is 9.07 Å². The number of nitrogens with zero attached hydrogens (tertiary/aromatic N) is 2. The van der Waals surface area contributed by atoms with Crippen LogP contribution in [0.15, 0.2) is 30.3 Å². The Bertz CT molecular complexity index is 906. The van der Waals surface area contributed by atoms with Gasteiger partial charge in [0.05, 0.1) is 11.3 Å². The molecular weight excluding hydrogens is 361 g/mol. The number of anilines is 1. The first kappa shape index (κ1) is 18.6. The number of carbonyl (C=O) groups is 2. The molecule has 28 heavy (non-hydrogen) atoms. The smallest absolute Gasteiger partial charge is 0.259 e. The minimum Gasteiger partial charge on any atom is -0.322 e. The topological polar surface area (TPSA) is 88.1 Å². The number of carbonyl (C=O) groups excluding carboxylic acids is 2. The van der Waals surface area contributed by atoms with Gasteiger partial charge < -0.3 is 10.6 Å². The predicted octanol–water partition coefficient (Wildman–Crippen LogP) is 2.74. The van der Waals surface area contributed by atoms with Crippen molar-refractivity contribution in [1.82, 2.24) is 20.4 Å². The Balaban J connectivity index is 1.63. The molecule has 3 N–H and O–H groups in total. The van der Waals surface area contributed by atoms with Crippen molar-refractivity contribution in [2.24, 2.45) is 5.92 Å². The molecule has 2 atom stereocenters. The molecule has 7 nitrogen and oxygen atoms in total. The van der Waals surface area contributed by atoms with E-state index >= 15 is 0 Å². The van der Waals surface area contributed by atoms with Crippen molar-refractivity contribution >= 4 is 17.6 Å². The molecule has 1 aromatic carbocycles. The van der Waals surface area contributed by atoms with Crippen LogP contribution in [0.3, 0.4) is 0 Å². The van der Waals surface area contributed by atoms with E-state index in [0.717, 1.165) is 18.5 Å². The molecule has 4 rings (SSSR count). The third-order valence-corrected chi connectivity index (χ3v) is 5.23. The fourth-order valence-corrected chi connectivity index (χ4v) is 3.39. The van der Waals surface area contributed by atoms with Crippen LogP contribution in [0.2, 0.25) is 0 Å². The molecule has 1 aromatic heterocycles. The molecule has 0 bridgehead atoms. The van der Waals surface area contributed by atoms with Crippen LogP contribution in [0.4, 0.5) is 10.2 Å². The summed E-state index contributed by atoms with van der Waals surface area (Å²) in [7, 11) is 0. The molecular formula is C20H24FN5O2. The number of halogens is 1. The van der Waals surface area contributed by atoms with Gasteiger partial charge in [0.15, 0.2) is 6.29 Å². The third-order valence-electron chi connectivity index (χ3n) is 5.23. The zero-order valence-corrected chi connectivity index (χ0v) is 15.9. The van der Waals surface area contributed by atoms with Gasteiger partial charge in [0.2, 0.25) is 5.91 Å². The normalized spacial score (nSPS) is 22.2. The van der Waals surface area contributed by atoms with Gasteiger partial charge in [-0.15, -0.1) is 0 Å². The highest BCUT2D eigenvalue weighted by molar-refractivity contribution is 6.04. The molecule has 2 aliphatic rings. The Morgan fingerprint density at radius 2 is 2.07 bits per heavy atom. The maximum absolute atomic E-state index is 14.0. The van der Waals surface area contributed by atoms with Crippen LogP contribution >= 0.6 is 0 Å². The average molecular weight is 385 g/mol. The van der Waals surface area contributed by atoms with Gasteiger partial charge in [0.1, 0.15) is 11.6 Å². The summed E-state index contributed by atoms with van der Waals surface area (Å²) in [6.07, 6.45) is 1.92. The van der Waals surface area contributed by atoms with E-state index in [-0.39, 0.29) is 23.4 Å². The van der Waals surface area contributed by atoms with Crippen LogP contribution < -0.4 is 16.0 Å². The first-order valence-corrected chi connectivity index (χ1v) is 9.63. The highest BCUT2D eigenvalue weighted by Crippen LogP contribution is 2.40. The first-order valence-electron chi connectivity index (χ1n) is 9.63. The van der Waals surface area contributed by atoms with Crippen molar-refractivity contribution in [3.8, 4) is 0 Å². The Hall–Kier alpha value is -2.74. The van der Waals surface area contributed by atoms with Gasteiger partial charge >= 0.3 is 0 Å².